The third-order valence-electron chi connectivity index (χ3n) is 4.73. The van der Waals surface area contributed by atoms with Gasteiger partial charge in [0.2, 0.25) is 0 Å². The minimum Gasteiger partial charge on any atom is -0.457 e. The number of nitrogens with zero attached hydrogens (tertiary/aromatic N) is 4. The number of pyridine rings is 1. The first kappa shape index (κ1) is 22.5. The highest BCUT2D eigenvalue weighted by atomic mass is 16.6. The monoisotopic (exact) mass is 456 g/mol. The number of amides is 1. The molecule has 0 atom stereocenters. The minimum atomic E-state index is -0.383. The molecule has 2 heterocycles. The summed E-state index contributed by atoms with van der Waals surface area (Å²) in [6.07, 6.45) is 1.58. The third-order valence-corrected chi connectivity index (χ3v) is 4.73. The van der Waals surface area contributed by atoms with Crippen LogP contribution in [0.5, 0.6) is 11.5 Å². The molecule has 0 aliphatic rings. The maximum Gasteiger partial charge on any atom is 0.265 e. The topological polar surface area (TPSA) is 117 Å². The molecule has 0 radical (unpaired) electrons. The van der Waals surface area contributed by atoms with Gasteiger partial charge >= 0.3 is 0 Å². The van der Waals surface area contributed by atoms with Gasteiger partial charge in [-0.2, -0.15) is 5.10 Å². The van der Waals surface area contributed by atoms with Crippen LogP contribution < -0.4 is 15.8 Å². The number of benzene rings is 2. The summed E-state index contributed by atoms with van der Waals surface area (Å²) < 4.78 is 7.52. The number of nitrogens with one attached hydrogen (secondary N) is 1. The molecular formula is C25H24N6O3. The van der Waals surface area contributed by atoms with Crippen molar-refractivity contribution in [2.45, 2.75) is 13.8 Å². The maximum absolute atomic E-state index is 12.2. The van der Waals surface area contributed by atoms with E-state index in [9.17, 15) is 4.79 Å². The fourth-order valence-electron chi connectivity index (χ4n) is 3.20. The number of aryl methyl sites for hydroxylation is 2. The molecule has 0 saturated heterocycles. The van der Waals surface area contributed by atoms with E-state index in [1.54, 1.807) is 47.3 Å². The Morgan fingerprint density at radius 2 is 1.82 bits per heavy atom. The van der Waals surface area contributed by atoms with Crippen LogP contribution in [-0.2, 0) is 9.63 Å². The molecular weight excluding hydrogens is 432 g/mol. The van der Waals surface area contributed by atoms with E-state index in [4.69, 9.17) is 15.3 Å². The summed E-state index contributed by atoms with van der Waals surface area (Å²) in [6, 6.07) is 22.0. The Hall–Kier alpha value is -4.66. The molecule has 0 spiro atoms. The quantitative estimate of drug-likeness (QED) is 0.236. The fraction of sp³-hybridized carbons (Fsp3) is 0.120. The van der Waals surface area contributed by atoms with Gasteiger partial charge in [-0.1, -0.05) is 29.4 Å². The highest BCUT2D eigenvalue weighted by molar-refractivity contribution is 5.97. The highest BCUT2D eigenvalue weighted by Crippen LogP contribution is 2.23. The van der Waals surface area contributed by atoms with Crippen LogP contribution in [0.3, 0.4) is 0 Å². The standard InChI is InChI=1S/C25H24N6O3/c1-17-13-18(2)31(29-17)23-12-11-19(15-27-23)25(26)30-33-16-24(32)28-20-7-6-10-22(14-20)34-21-8-4-3-5-9-21/h3-15H,16H2,1-2H3,(H2,26,30)(H,28,32). The van der Waals surface area contributed by atoms with E-state index in [0.717, 1.165) is 11.4 Å². The highest BCUT2D eigenvalue weighted by Gasteiger charge is 2.08. The van der Waals surface area contributed by atoms with E-state index in [0.29, 0.717) is 28.6 Å². The Morgan fingerprint density at radius 3 is 2.53 bits per heavy atom. The van der Waals surface area contributed by atoms with Crippen LogP contribution in [0.25, 0.3) is 5.82 Å². The van der Waals surface area contributed by atoms with Crippen LogP contribution >= 0.6 is 0 Å². The number of nitrogens with two attached hydrogens (primary N) is 1. The Bertz CT molecular complexity index is 1300. The number of ether oxygens (including phenoxy) is 1. The van der Waals surface area contributed by atoms with Gasteiger partial charge in [0.25, 0.3) is 5.91 Å². The molecule has 34 heavy (non-hydrogen) atoms. The lowest BCUT2D eigenvalue weighted by atomic mass is 10.2. The van der Waals surface area contributed by atoms with E-state index < -0.39 is 0 Å². The summed E-state index contributed by atoms with van der Waals surface area (Å²) in [5.74, 6) is 1.70. The van der Waals surface area contributed by atoms with Gasteiger partial charge < -0.3 is 20.6 Å². The van der Waals surface area contributed by atoms with Gasteiger partial charge in [0.05, 0.1) is 5.69 Å². The first-order valence-electron chi connectivity index (χ1n) is 10.6. The molecule has 9 nitrogen and oxygen atoms in total. The molecule has 172 valence electrons. The van der Waals surface area contributed by atoms with Crippen molar-refractivity contribution in [2.24, 2.45) is 10.9 Å². The molecule has 0 bridgehead atoms. The van der Waals surface area contributed by atoms with E-state index in [2.05, 4.69) is 20.6 Å². The van der Waals surface area contributed by atoms with Gasteiger partial charge in [-0.05, 0) is 56.3 Å². The lowest BCUT2D eigenvalue weighted by Gasteiger charge is -2.09. The number of rotatable bonds is 8. The second-order valence-electron chi connectivity index (χ2n) is 7.49. The number of aromatic nitrogens is 3. The van der Waals surface area contributed by atoms with Crippen molar-refractivity contribution in [3.8, 4) is 17.3 Å². The molecule has 4 aromatic rings. The molecule has 0 unspecified atom stereocenters. The van der Waals surface area contributed by atoms with Crippen molar-refractivity contribution in [1.82, 2.24) is 14.8 Å². The van der Waals surface area contributed by atoms with Crippen molar-refractivity contribution < 1.29 is 14.4 Å². The number of hydrogen-bond donors (Lipinski definition) is 2. The average molecular weight is 457 g/mol. The van der Waals surface area contributed by atoms with Crippen molar-refractivity contribution >= 4 is 17.4 Å². The summed E-state index contributed by atoms with van der Waals surface area (Å²) >= 11 is 0. The van der Waals surface area contributed by atoms with Gasteiger partial charge in [0.15, 0.2) is 18.3 Å². The number of amidine groups is 1. The van der Waals surface area contributed by atoms with E-state index in [1.807, 2.05) is 50.2 Å². The second-order valence-corrected chi connectivity index (χ2v) is 7.49. The second kappa shape index (κ2) is 10.3. The summed E-state index contributed by atoms with van der Waals surface area (Å²) in [4.78, 5) is 21.7. The first-order chi connectivity index (χ1) is 16.5. The van der Waals surface area contributed by atoms with Gasteiger partial charge in [-0.15, -0.1) is 0 Å². The largest absolute Gasteiger partial charge is 0.457 e. The number of anilines is 1. The van der Waals surface area contributed by atoms with Crippen molar-refractivity contribution in [3.63, 3.8) is 0 Å². The average Bonchev–Trinajstić information content (AvgIpc) is 3.17. The fourth-order valence-corrected chi connectivity index (χ4v) is 3.20. The zero-order valence-corrected chi connectivity index (χ0v) is 18.8. The van der Waals surface area contributed by atoms with Crippen LogP contribution in [0.2, 0.25) is 0 Å². The predicted octanol–water partition coefficient (Wildman–Crippen LogP) is 3.95. The van der Waals surface area contributed by atoms with Gasteiger partial charge in [0, 0.05) is 29.2 Å². The van der Waals surface area contributed by atoms with Crippen LogP contribution in [0.15, 0.2) is 84.1 Å². The number of hydrogen-bond acceptors (Lipinski definition) is 6. The molecule has 1 amide bonds. The lowest BCUT2D eigenvalue weighted by Crippen LogP contribution is -2.19. The molecule has 2 aromatic carbocycles. The Morgan fingerprint density at radius 1 is 1.03 bits per heavy atom. The molecule has 9 heteroatoms. The predicted molar refractivity (Wildman–Crippen MR) is 129 cm³/mol. The van der Waals surface area contributed by atoms with Crippen molar-refractivity contribution in [1.29, 1.82) is 0 Å². The molecule has 0 aliphatic heterocycles. The van der Waals surface area contributed by atoms with Gasteiger partial charge in [-0.25, -0.2) is 9.67 Å². The molecule has 0 saturated carbocycles. The Kier molecular flexibility index (Phi) is 6.83. The van der Waals surface area contributed by atoms with E-state index >= 15 is 0 Å². The third kappa shape index (κ3) is 5.77. The SMILES string of the molecule is Cc1cc(C)n(-c2ccc(/C(N)=N/OCC(=O)Nc3cccc(Oc4ccccc4)c3)cn2)n1. The van der Waals surface area contributed by atoms with Gasteiger partial charge in [-0.3, -0.25) is 4.79 Å². The molecule has 3 N–H and O–H groups in total. The minimum absolute atomic E-state index is 0.110. The summed E-state index contributed by atoms with van der Waals surface area (Å²) in [6.45, 7) is 3.57. The number of carbonyl (C=O) groups is 1. The summed E-state index contributed by atoms with van der Waals surface area (Å²) in [7, 11) is 0. The zero-order valence-electron chi connectivity index (χ0n) is 18.8. The van der Waals surface area contributed by atoms with Gasteiger partial charge in [0.1, 0.15) is 11.5 Å². The van der Waals surface area contributed by atoms with Crippen LogP contribution in [0.1, 0.15) is 17.0 Å². The molecule has 0 aliphatic carbocycles. The summed E-state index contributed by atoms with van der Waals surface area (Å²) in [5, 5.41) is 11.0. The number of oxime groups is 1. The summed E-state index contributed by atoms with van der Waals surface area (Å²) in [5.41, 5.74) is 8.99. The molecule has 4 rings (SSSR count). The van der Waals surface area contributed by atoms with Crippen molar-refractivity contribution in [2.75, 3.05) is 11.9 Å². The zero-order chi connectivity index (χ0) is 23.9. The van der Waals surface area contributed by atoms with Crippen LogP contribution in [0.4, 0.5) is 5.69 Å². The molecule has 0 fully saturated rings. The normalized spacial score (nSPS) is 11.2. The maximum atomic E-state index is 12.2. The Labute approximate surface area is 196 Å². The lowest BCUT2D eigenvalue weighted by molar-refractivity contribution is -0.120. The molecule has 2 aromatic heterocycles. The van der Waals surface area contributed by atoms with E-state index in [-0.39, 0.29) is 18.3 Å². The smallest absolute Gasteiger partial charge is 0.265 e. The number of para-hydroxylation sites is 1. The first-order valence-corrected chi connectivity index (χ1v) is 10.6. The Balaban J connectivity index is 1.30. The number of carbonyl (C=O) groups excluding carboxylic acids is 1. The van der Waals surface area contributed by atoms with Crippen molar-refractivity contribution in [3.05, 3.63) is 95.9 Å². The van der Waals surface area contributed by atoms with Crippen LogP contribution in [0, 0.1) is 13.8 Å². The van der Waals surface area contributed by atoms with Crippen LogP contribution in [-0.4, -0.2) is 33.1 Å². The van der Waals surface area contributed by atoms with E-state index in [1.165, 1.54) is 0 Å².